The fourth-order valence-electron chi connectivity index (χ4n) is 2.12. The van der Waals surface area contributed by atoms with E-state index >= 15 is 0 Å². The minimum absolute atomic E-state index is 0.0336. The maximum absolute atomic E-state index is 11.5. The van der Waals surface area contributed by atoms with Crippen LogP contribution in [0.1, 0.15) is 40.5 Å². The lowest BCUT2D eigenvalue weighted by Gasteiger charge is -2.21. The number of carbonyl (C=O) groups is 1. The number of aliphatic imine (C=N–C) groups is 1. The maximum Gasteiger partial charge on any atom is 0.222 e. The molecule has 5 nitrogen and oxygen atoms in total. The van der Waals surface area contributed by atoms with E-state index in [0.717, 1.165) is 19.0 Å². The van der Waals surface area contributed by atoms with Gasteiger partial charge in [-0.15, -0.1) is 0 Å². The second kappa shape index (κ2) is 9.18. The molecule has 1 unspecified atom stereocenters. The van der Waals surface area contributed by atoms with E-state index in [1.54, 1.807) is 0 Å². The lowest BCUT2D eigenvalue weighted by Crippen LogP contribution is -2.42. The Balaban J connectivity index is 2.33. The molecule has 3 N–H and O–H groups in total. The Hall–Kier alpha value is -0.910. The number of rotatable bonds is 7. The van der Waals surface area contributed by atoms with Crippen LogP contribution in [0, 0.1) is 5.92 Å². The van der Waals surface area contributed by atoms with Gasteiger partial charge in [-0.1, -0.05) is 13.8 Å². The zero-order chi connectivity index (χ0) is 15.7. The van der Waals surface area contributed by atoms with Gasteiger partial charge in [0.25, 0.3) is 0 Å². The van der Waals surface area contributed by atoms with Gasteiger partial charge in [-0.05, 0) is 32.4 Å². The molecule has 1 aliphatic rings. The first-order chi connectivity index (χ1) is 9.97. The third kappa shape index (κ3) is 7.07. The molecule has 122 valence electrons. The van der Waals surface area contributed by atoms with Crippen LogP contribution < -0.4 is 16.0 Å². The number of nitrogens with one attached hydrogen (secondary N) is 3. The average molecular weight is 314 g/mol. The lowest BCUT2D eigenvalue weighted by atomic mass is 10.1. The van der Waals surface area contributed by atoms with Crippen molar-refractivity contribution in [1.29, 1.82) is 0 Å². The molecule has 0 radical (unpaired) electrons. The Morgan fingerprint density at radius 2 is 2.00 bits per heavy atom. The van der Waals surface area contributed by atoms with Crippen molar-refractivity contribution < 1.29 is 4.79 Å². The van der Waals surface area contributed by atoms with Crippen molar-refractivity contribution in [1.82, 2.24) is 16.0 Å². The topological polar surface area (TPSA) is 65.5 Å². The molecule has 1 aliphatic heterocycles. The second-order valence-electron chi connectivity index (χ2n) is 5.97. The largest absolute Gasteiger partial charge is 0.357 e. The Kier molecular flexibility index (Phi) is 7.93. The van der Waals surface area contributed by atoms with Gasteiger partial charge in [-0.3, -0.25) is 9.79 Å². The number of nitrogens with zero attached hydrogens (tertiary/aromatic N) is 1. The summed E-state index contributed by atoms with van der Waals surface area (Å²) in [6, 6.07) is 0. The third-order valence-electron chi connectivity index (χ3n) is 3.46. The highest BCUT2D eigenvalue weighted by molar-refractivity contribution is 8.00. The van der Waals surface area contributed by atoms with Crippen LogP contribution >= 0.6 is 11.8 Å². The average Bonchev–Trinajstić information content (AvgIpc) is 2.87. The van der Waals surface area contributed by atoms with Crippen molar-refractivity contribution in [2.45, 2.75) is 45.3 Å². The summed E-state index contributed by atoms with van der Waals surface area (Å²) in [4.78, 5) is 16.1. The molecular formula is C15H30N4OS. The van der Waals surface area contributed by atoms with Gasteiger partial charge < -0.3 is 16.0 Å². The number of amides is 1. The predicted molar refractivity (Wildman–Crippen MR) is 91.9 cm³/mol. The van der Waals surface area contributed by atoms with Gasteiger partial charge >= 0.3 is 0 Å². The molecule has 0 spiro atoms. The summed E-state index contributed by atoms with van der Waals surface area (Å²) >= 11 is 2.02. The molecule has 0 aliphatic carbocycles. The fourth-order valence-corrected chi connectivity index (χ4v) is 3.35. The van der Waals surface area contributed by atoms with Gasteiger partial charge in [0.05, 0.1) is 6.54 Å². The first-order valence-corrected chi connectivity index (χ1v) is 8.89. The van der Waals surface area contributed by atoms with Crippen LogP contribution in [0.2, 0.25) is 0 Å². The summed E-state index contributed by atoms with van der Waals surface area (Å²) in [5.41, 5.74) is 0. The highest BCUT2D eigenvalue weighted by Gasteiger charge is 2.29. The van der Waals surface area contributed by atoms with Crippen LogP contribution in [-0.2, 0) is 4.79 Å². The third-order valence-corrected chi connectivity index (χ3v) is 4.98. The van der Waals surface area contributed by atoms with Gasteiger partial charge in [0.2, 0.25) is 5.91 Å². The molecule has 1 fully saturated rings. The smallest absolute Gasteiger partial charge is 0.222 e. The summed E-state index contributed by atoms with van der Waals surface area (Å²) in [5.74, 6) is 2.21. The van der Waals surface area contributed by atoms with Crippen LogP contribution in [0.25, 0.3) is 0 Å². The van der Waals surface area contributed by atoms with Crippen LogP contribution in [0.5, 0.6) is 0 Å². The van der Waals surface area contributed by atoms with Crippen molar-refractivity contribution >= 4 is 23.6 Å². The summed E-state index contributed by atoms with van der Waals surface area (Å²) in [5, 5.41) is 9.42. The molecule has 1 rings (SSSR count). The minimum atomic E-state index is 0.0336. The highest BCUT2D eigenvalue weighted by Crippen LogP contribution is 2.37. The molecule has 1 saturated heterocycles. The number of hydrogen-bond donors (Lipinski definition) is 3. The maximum atomic E-state index is 11.5. The summed E-state index contributed by atoms with van der Waals surface area (Å²) in [6.45, 7) is 11.1. The van der Waals surface area contributed by atoms with Crippen molar-refractivity contribution in [2.24, 2.45) is 10.9 Å². The number of thioether (sulfide) groups is 1. The van der Waals surface area contributed by atoms with Crippen LogP contribution in [0.3, 0.4) is 0 Å². The summed E-state index contributed by atoms with van der Waals surface area (Å²) in [7, 11) is 0. The molecule has 0 bridgehead atoms. The molecule has 1 amide bonds. The molecule has 0 aromatic carbocycles. The Bertz CT molecular complexity index is 352. The van der Waals surface area contributed by atoms with Gasteiger partial charge in [0.1, 0.15) is 0 Å². The summed E-state index contributed by atoms with van der Waals surface area (Å²) in [6.07, 6.45) is 2.53. The number of hydrogen-bond acceptors (Lipinski definition) is 3. The molecule has 6 heteroatoms. The molecule has 1 atom stereocenters. The molecule has 1 heterocycles. The van der Waals surface area contributed by atoms with Gasteiger partial charge in [-0.25, -0.2) is 0 Å². The van der Waals surface area contributed by atoms with Crippen LogP contribution in [0.4, 0.5) is 0 Å². The first kappa shape index (κ1) is 18.1. The van der Waals surface area contributed by atoms with E-state index in [0.29, 0.717) is 13.1 Å². The monoisotopic (exact) mass is 314 g/mol. The number of carbonyl (C=O) groups excluding carboxylic acids is 1. The normalized spacial score (nSPS) is 22.4. The highest BCUT2D eigenvalue weighted by atomic mass is 32.2. The predicted octanol–water partition coefficient (Wildman–Crippen LogP) is 1.60. The minimum Gasteiger partial charge on any atom is -0.357 e. The molecule has 0 aromatic heterocycles. The molecule has 21 heavy (non-hydrogen) atoms. The fraction of sp³-hybridized carbons (Fsp3) is 0.867. The van der Waals surface area contributed by atoms with Gasteiger partial charge in [0.15, 0.2) is 5.96 Å². The SMILES string of the molecule is CCNC(=NCC1(C)CCCS1)NCCNC(=O)C(C)C. The number of guanidine groups is 1. The standard InChI is InChI=1S/C15H30N4OS/c1-5-16-14(18-9-8-17-13(20)12(2)3)19-11-15(4)7-6-10-21-15/h12H,5-11H2,1-4H3,(H,17,20)(H2,16,18,19). The lowest BCUT2D eigenvalue weighted by molar-refractivity contribution is -0.123. The van der Waals surface area contributed by atoms with Gasteiger partial charge in [0, 0.05) is 30.3 Å². The second-order valence-corrected chi connectivity index (χ2v) is 7.65. The van der Waals surface area contributed by atoms with E-state index in [1.807, 2.05) is 25.6 Å². The van der Waals surface area contributed by atoms with Crippen molar-refractivity contribution in [3.05, 3.63) is 0 Å². The van der Waals surface area contributed by atoms with Crippen LogP contribution in [-0.4, -0.2) is 48.5 Å². The Morgan fingerprint density at radius 3 is 2.57 bits per heavy atom. The molecular weight excluding hydrogens is 284 g/mol. The molecule has 0 saturated carbocycles. The van der Waals surface area contributed by atoms with Crippen LogP contribution in [0.15, 0.2) is 4.99 Å². The van der Waals surface area contributed by atoms with E-state index in [4.69, 9.17) is 0 Å². The quantitative estimate of drug-likeness (QED) is 0.379. The van der Waals surface area contributed by atoms with Crippen molar-refractivity contribution in [2.75, 3.05) is 31.9 Å². The van der Waals surface area contributed by atoms with E-state index in [9.17, 15) is 4.79 Å². The van der Waals surface area contributed by atoms with Crippen molar-refractivity contribution in [3.8, 4) is 0 Å². The van der Waals surface area contributed by atoms with Gasteiger partial charge in [-0.2, -0.15) is 11.8 Å². The van der Waals surface area contributed by atoms with E-state index in [2.05, 4.69) is 34.8 Å². The van der Waals surface area contributed by atoms with Crippen molar-refractivity contribution in [3.63, 3.8) is 0 Å². The van der Waals surface area contributed by atoms with E-state index in [-0.39, 0.29) is 16.6 Å². The first-order valence-electron chi connectivity index (χ1n) is 7.91. The zero-order valence-corrected chi connectivity index (χ0v) is 14.6. The molecule has 0 aromatic rings. The zero-order valence-electron chi connectivity index (χ0n) is 13.8. The van der Waals surface area contributed by atoms with E-state index in [1.165, 1.54) is 18.6 Å². The Morgan fingerprint density at radius 1 is 1.29 bits per heavy atom. The summed E-state index contributed by atoms with van der Waals surface area (Å²) < 4.78 is 0.286. The van der Waals surface area contributed by atoms with E-state index < -0.39 is 0 Å². The Labute approximate surface area is 133 Å².